The molecule has 0 unspecified atom stereocenters. The Bertz CT molecular complexity index is 638. The van der Waals surface area contributed by atoms with E-state index in [2.05, 4.69) is 4.98 Å². The van der Waals surface area contributed by atoms with Crippen molar-refractivity contribution in [3.8, 4) is 0 Å². The van der Waals surface area contributed by atoms with Gasteiger partial charge in [0.05, 0.1) is 11.2 Å². The van der Waals surface area contributed by atoms with Crippen LogP contribution in [0.1, 0.15) is 38.5 Å². The molecule has 0 saturated carbocycles. The minimum absolute atomic E-state index is 0.219. The lowest BCUT2D eigenvalue weighted by atomic mass is 9.85. The number of aromatic amines is 1. The molecule has 0 amide bonds. The minimum Gasteiger partial charge on any atom is -0.353 e. The molecule has 2 nitrogen and oxygen atoms in total. The van der Waals surface area contributed by atoms with Gasteiger partial charge in [-0.3, -0.25) is 4.79 Å². The van der Waals surface area contributed by atoms with Crippen LogP contribution in [0.3, 0.4) is 0 Å². The lowest BCUT2D eigenvalue weighted by Gasteiger charge is -2.21. The highest BCUT2D eigenvalue weighted by molar-refractivity contribution is 5.82. The Morgan fingerprint density at radius 3 is 2.44 bits per heavy atom. The smallest absolute Gasteiger partial charge is 0.278 e. The fourth-order valence-electron chi connectivity index (χ4n) is 2.03. The van der Waals surface area contributed by atoms with Gasteiger partial charge in [0.15, 0.2) is 5.43 Å². The average molecular weight is 251 g/mol. The highest BCUT2D eigenvalue weighted by Crippen LogP contribution is 2.28. The quantitative estimate of drug-likeness (QED) is 0.822. The molecular formula is C14H15F2NO. The summed E-state index contributed by atoms with van der Waals surface area (Å²) in [4.78, 5) is 14.5. The van der Waals surface area contributed by atoms with Crippen molar-refractivity contribution in [1.82, 2.24) is 4.98 Å². The van der Waals surface area contributed by atoms with E-state index in [0.29, 0.717) is 10.9 Å². The summed E-state index contributed by atoms with van der Waals surface area (Å²) in [6, 6.07) is 6.26. The minimum atomic E-state index is -2.67. The van der Waals surface area contributed by atoms with Crippen LogP contribution >= 0.6 is 0 Å². The molecule has 0 spiro atoms. The molecule has 0 aliphatic heterocycles. The Kier molecular flexibility index (Phi) is 2.97. The van der Waals surface area contributed by atoms with E-state index in [9.17, 15) is 13.6 Å². The van der Waals surface area contributed by atoms with E-state index >= 15 is 0 Å². The first kappa shape index (κ1) is 12.7. The highest BCUT2D eigenvalue weighted by Gasteiger charge is 2.19. The molecular weight excluding hydrogens is 236 g/mol. The van der Waals surface area contributed by atoms with Crippen LogP contribution in [0.4, 0.5) is 8.78 Å². The summed E-state index contributed by atoms with van der Waals surface area (Å²) in [6.45, 7) is 5.94. The average Bonchev–Trinajstić information content (AvgIpc) is 2.26. The molecule has 96 valence electrons. The summed E-state index contributed by atoms with van der Waals surface area (Å²) in [5, 5.41) is 0.451. The molecule has 0 aliphatic carbocycles. The first-order chi connectivity index (χ1) is 8.30. The van der Waals surface area contributed by atoms with Gasteiger partial charge in [-0.05, 0) is 17.0 Å². The maximum atomic E-state index is 12.7. The van der Waals surface area contributed by atoms with E-state index in [1.165, 1.54) is 0 Å². The number of hydrogen-bond acceptors (Lipinski definition) is 1. The molecule has 2 aromatic rings. The fraction of sp³-hybridized carbons (Fsp3) is 0.357. The summed E-state index contributed by atoms with van der Waals surface area (Å²) in [5.74, 6) is 0. The first-order valence-corrected chi connectivity index (χ1v) is 5.75. The molecule has 0 radical (unpaired) electrons. The van der Waals surface area contributed by atoms with E-state index in [4.69, 9.17) is 0 Å². The van der Waals surface area contributed by atoms with Crippen molar-refractivity contribution in [3.63, 3.8) is 0 Å². The zero-order valence-electron chi connectivity index (χ0n) is 10.6. The second kappa shape index (κ2) is 4.19. The molecule has 4 heteroatoms. The van der Waals surface area contributed by atoms with Crippen LogP contribution in [-0.4, -0.2) is 4.98 Å². The van der Waals surface area contributed by atoms with E-state index in [1.807, 2.05) is 26.8 Å². The topological polar surface area (TPSA) is 32.9 Å². The number of nitrogens with one attached hydrogen (secondary N) is 1. The van der Waals surface area contributed by atoms with Crippen molar-refractivity contribution in [2.45, 2.75) is 32.6 Å². The van der Waals surface area contributed by atoms with Crippen molar-refractivity contribution in [2.75, 3.05) is 0 Å². The van der Waals surface area contributed by atoms with E-state index < -0.39 is 6.43 Å². The molecule has 1 N–H and O–H groups in total. The van der Waals surface area contributed by atoms with Gasteiger partial charge >= 0.3 is 0 Å². The third kappa shape index (κ3) is 2.15. The number of aromatic nitrogens is 1. The summed E-state index contributed by atoms with van der Waals surface area (Å²) < 4.78 is 25.5. The lowest BCUT2D eigenvalue weighted by Crippen LogP contribution is -2.15. The second-order valence-electron chi connectivity index (χ2n) is 5.37. The predicted octanol–water partition coefficient (Wildman–Crippen LogP) is 3.76. The molecule has 0 atom stereocenters. The number of rotatable bonds is 1. The molecule has 0 fully saturated rings. The predicted molar refractivity (Wildman–Crippen MR) is 68.2 cm³/mol. The Morgan fingerprint density at radius 1 is 1.22 bits per heavy atom. The number of halogens is 2. The van der Waals surface area contributed by atoms with Crippen molar-refractivity contribution < 1.29 is 8.78 Å². The highest BCUT2D eigenvalue weighted by atomic mass is 19.3. The number of fused-ring (bicyclic) bond motifs is 1. The van der Waals surface area contributed by atoms with Crippen LogP contribution in [0.5, 0.6) is 0 Å². The largest absolute Gasteiger partial charge is 0.353 e. The Hall–Kier alpha value is -1.71. The molecule has 18 heavy (non-hydrogen) atoms. The van der Waals surface area contributed by atoms with Crippen LogP contribution < -0.4 is 5.43 Å². The number of H-pyrrole nitrogens is 1. The summed E-state index contributed by atoms with van der Waals surface area (Å²) in [5.41, 5.74) is 0.449. The molecule has 1 heterocycles. The number of alkyl halides is 2. The second-order valence-corrected chi connectivity index (χ2v) is 5.37. The lowest BCUT2D eigenvalue weighted by molar-refractivity contribution is 0.146. The standard InChI is InChI=1S/C14H15F2NO/c1-14(2,3)9-6-4-5-8-11(18)7-10(13(15)16)17-12(8)9/h4-7,13H,1-3H3,(H,17,18). The van der Waals surface area contributed by atoms with Gasteiger partial charge in [0.1, 0.15) is 0 Å². The normalized spacial score (nSPS) is 12.3. The maximum Gasteiger partial charge on any atom is 0.278 e. The van der Waals surface area contributed by atoms with Crippen LogP contribution in [-0.2, 0) is 5.41 Å². The Balaban J connectivity index is 2.87. The number of hydrogen-bond donors (Lipinski definition) is 1. The molecule has 1 aromatic carbocycles. The van der Waals surface area contributed by atoms with Gasteiger partial charge < -0.3 is 4.98 Å². The van der Waals surface area contributed by atoms with Gasteiger partial charge in [-0.15, -0.1) is 0 Å². The molecule has 0 saturated heterocycles. The maximum absolute atomic E-state index is 12.7. The van der Waals surface area contributed by atoms with Crippen LogP contribution in [0.15, 0.2) is 29.1 Å². The number of para-hydroxylation sites is 1. The summed E-state index contributed by atoms with van der Waals surface area (Å²) in [6.07, 6.45) is -2.67. The van der Waals surface area contributed by atoms with Crippen LogP contribution in [0.25, 0.3) is 10.9 Å². The Morgan fingerprint density at radius 2 is 1.89 bits per heavy atom. The van der Waals surface area contributed by atoms with Crippen molar-refractivity contribution in [1.29, 1.82) is 0 Å². The molecule has 1 aromatic heterocycles. The van der Waals surface area contributed by atoms with Crippen molar-refractivity contribution in [2.24, 2.45) is 0 Å². The third-order valence-corrected chi connectivity index (χ3v) is 2.93. The van der Waals surface area contributed by atoms with Gasteiger partial charge in [-0.25, -0.2) is 8.78 Å². The van der Waals surface area contributed by atoms with E-state index in [0.717, 1.165) is 11.6 Å². The zero-order chi connectivity index (χ0) is 13.5. The number of pyridine rings is 1. The molecule has 0 bridgehead atoms. The first-order valence-electron chi connectivity index (χ1n) is 5.75. The summed E-state index contributed by atoms with van der Waals surface area (Å²) in [7, 11) is 0. The van der Waals surface area contributed by atoms with Crippen molar-refractivity contribution in [3.05, 3.63) is 45.7 Å². The molecule has 2 rings (SSSR count). The number of benzene rings is 1. The summed E-state index contributed by atoms with van der Waals surface area (Å²) >= 11 is 0. The van der Waals surface area contributed by atoms with Crippen LogP contribution in [0.2, 0.25) is 0 Å². The van der Waals surface area contributed by atoms with E-state index in [-0.39, 0.29) is 16.5 Å². The SMILES string of the molecule is CC(C)(C)c1cccc2c(=O)cc(C(F)F)[nH]c12. The van der Waals surface area contributed by atoms with Gasteiger partial charge in [0, 0.05) is 11.5 Å². The van der Waals surface area contributed by atoms with Gasteiger partial charge in [0.2, 0.25) is 0 Å². The monoisotopic (exact) mass is 251 g/mol. The fourth-order valence-corrected chi connectivity index (χ4v) is 2.03. The van der Waals surface area contributed by atoms with Crippen molar-refractivity contribution >= 4 is 10.9 Å². The van der Waals surface area contributed by atoms with Gasteiger partial charge in [-0.1, -0.05) is 32.9 Å². The van der Waals surface area contributed by atoms with Gasteiger partial charge in [-0.2, -0.15) is 0 Å². The van der Waals surface area contributed by atoms with E-state index in [1.54, 1.807) is 12.1 Å². The van der Waals surface area contributed by atoms with Crippen LogP contribution in [0, 0.1) is 0 Å². The zero-order valence-corrected chi connectivity index (χ0v) is 10.6. The molecule has 0 aliphatic rings. The van der Waals surface area contributed by atoms with Gasteiger partial charge in [0.25, 0.3) is 6.43 Å². The Labute approximate surface area is 104 Å². The third-order valence-electron chi connectivity index (χ3n) is 2.93.